The molecule has 4 heteroatoms. The molecule has 0 atom stereocenters. The molecule has 0 unspecified atom stereocenters. The Morgan fingerprint density at radius 2 is 1.74 bits per heavy atom. The van der Waals surface area contributed by atoms with Crippen LogP contribution in [0, 0.1) is 0 Å². The molecule has 27 heavy (non-hydrogen) atoms. The molecule has 1 N–H and O–H groups in total. The van der Waals surface area contributed by atoms with Crippen LogP contribution in [0.25, 0.3) is 22.4 Å². The van der Waals surface area contributed by atoms with Crippen molar-refractivity contribution in [3.63, 3.8) is 0 Å². The fourth-order valence-corrected chi connectivity index (χ4v) is 4.09. The summed E-state index contributed by atoms with van der Waals surface area (Å²) in [6.45, 7) is 6.63. The van der Waals surface area contributed by atoms with Gasteiger partial charge in [-0.15, -0.1) is 0 Å². The number of hydrogen-bond acceptors (Lipinski definition) is 2. The Hall–Kier alpha value is -2.62. The van der Waals surface area contributed by atoms with E-state index in [9.17, 15) is 9.90 Å². The van der Waals surface area contributed by atoms with Gasteiger partial charge in [0.25, 0.3) is 0 Å². The number of aromatic carboxylic acids is 1. The van der Waals surface area contributed by atoms with Crippen molar-refractivity contribution in [1.29, 1.82) is 0 Å². The third kappa shape index (κ3) is 3.25. The molecule has 1 fully saturated rings. The molecule has 0 bridgehead atoms. The van der Waals surface area contributed by atoms with Gasteiger partial charge in [-0.3, -0.25) is 0 Å². The molecule has 1 aliphatic rings. The molecule has 1 aliphatic carbocycles. The van der Waals surface area contributed by atoms with Gasteiger partial charge in [0.15, 0.2) is 0 Å². The summed E-state index contributed by atoms with van der Waals surface area (Å²) >= 11 is 0. The van der Waals surface area contributed by atoms with Gasteiger partial charge in [-0.25, -0.2) is 9.78 Å². The minimum Gasteiger partial charge on any atom is -0.478 e. The first kappa shape index (κ1) is 17.8. The maximum absolute atomic E-state index is 11.4. The number of benzene rings is 2. The number of hydrogen-bond donors (Lipinski definition) is 1. The van der Waals surface area contributed by atoms with E-state index in [1.54, 1.807) is 12.1 Å². The molecule has 0 amide bonds. The van der Waals surface area contributed by atoms with Gasteiger partial charge in [0, 0.05) is 11.6 Å². The number of nitrogens with zero attached hydrogens (tertiary/aromatic N) is 2. The van der Waals surface area contributed by atoms with E-state index in [0.717, 1.165) is 35.3 Å². The average Bonchev–Trinajstić information content (AvgIpc) is 3.27. The van der Waals surface area contributed by atoms with Crippen molar-refractivity contribution in [2.75, 3.05) is 0 Å². The van der Waals surface area contributed by atoms with Gasteiger partial charge >= 0.3 is 5.97 Å². The van der Waals surface area contributed by atoms with Crippen LogP contribution < -0.4 is 0 Å². The Morgan fingerprint density at radius 3 is 2.33 bits per heavy atom. The normalized spacial score (nSPS) is 15.5. The number of aromatic nitrogens is 2. The first-order chi connectivity index (χ1) is 12.8. The third-order valence-corrected chi connectivity index (χ3v) is 5.64. The number of carboxylic acid groups (broad SMARTS) is 1. The lowest BCUT2D eigenvalue weighted by molar-refractivity contribution is 0.0697. The largest absolute Gasteiger partial charge is 0.478 e. The van der Waals surface area contributed by atoms with E-state index < -0.39 is 5.97 Å². The predicted octanol–water partition coefficient (Wildman–Crippen LogP) is 5.81. The second-order valence-corrected chi connectivity index (χ2v) is 8.58. The number of rotatable bonds is 3. The molecule has 0 saturated heterocycles. The summed E-state index contributed by atoms with van der Waals surface area (Å²) in [5.74, 6) is 0.0308. The number of fused-ring (bicyclic) bond motifs is 1. The Labute approximate surface area is 159 Å². The molecule has 0 radical (unpaired) electrons. The van der Waals surface area contributed by atoms with Crippen molar-refractivity contribution in [1.82, 2.24) is 9.55 Å². The van der Waals surface area contributed by atoms with Crippen molar-refractivity contribution in [2.24, 2.45) is 0 Å². The topological polar surface area (TPSA) is 55.1 Å². The molecule has 2 aromatic carbocycles. The second kappa shape index (κ2) is 6.52. The van der Waals surface area contributed by atoms with Crippen LogP contribution in [0.3, 0.4) is 0 Å². The predicted molar refractivity (Wildman–Crippen MR) is 108 cm³/mol. The fraction of sp³-hybridized carbons (Fsp3) is 0.391. The van der Waals surface area contributed by atoms with Gasteiger partial charge in [0.2, 0.25) is 0 Å². The first-order valence-corrected chi connectivity index (χ1v) is 9.71. The molecular weight excluding hydrogens is 336 g/mol. The van der Waals surface area contributed by atoms with Crippen LogP contribution in [0.2, 0.25) is 0 Å². The minimum absolute atomic E-state index is 0.112. The number of imidazole rings is 1. The van der Waals surface area contributed by atoms with Crippen LogP contribution in [-0.2, 0) is 5.41 Å². The molecule has 1 saturated carbocycles. The molecule has 3 aromatic rings. The van der Waals surface area contributed by atoms with E-state index in [0.29, 0.717) is 6.04 Å². The molecule has 4 rings (SSSR count). The summed E-state index contributed by atoms with van der Waals surface area (Å²) in [6, 6.07) is 14.4. The maximum Gasteiger partial charge on any atom is 0.335 e. The maximum atomic E-state index is 11.4. The van der Waals surface area contributed by atoms with Gasteiger partial charge in [0.1, 0.15) is 5.82 Å². The lowest BCUT2D eigenvalue weighted by Gasteiger charge is -2.20. The van der Waals surface area contributed by atoms with E-state index in [-0.39, 0.29) is 11.0 Å². The highest BCUT2D eigenvalue weighted by molar-refractivity contribution is 5.93. The van der Waals surface area contributed by atoms with Crippen LogP contribution in [0.4, 0.5) is 0 Å². The summed E-state index contributed by atoms with van der Waals surface area (Å²) in [7, 11) is 0. The standard InChI is InChI=1S/C23H26N2O2/c1-23(2,3)17-11-8-15(9-12-17)21-24-19-14-16(22(26)27)10-13-20(19)25(21)18-6-4-5-7-18/h8-14,18H,4-7H2,1-3H3,(H,26,27). The van der Waals surface area contributed by atoms with Crippen LogP contribution >= 0.6 is 0 Å². The first-order valence-electron chi connectivity index (χ1n) is 9.71. The van der Waals surface area contributed by atoms with Crippen molar-refractivity contribution in [3.8, 4) is 11.4 Å². The van der Waals surface area contributed by atoms with Crippen molar-refractivity contribution in [2.45, 2.75) is 57.9 Å². The number of carbonyl (C=O) groups is 1. The van der Waals surface area contributed by atoms with Gasteiger partial charge in [-0.2, -0.15) is 0 Å². The highest BCUT2D eigenvalue weighted by Crippen LogP contribution is 2.37. The van der Waals surface area contributed by atoms with Crippen molar-refractivity contribution in [3.05, 3.63) is 53.6 Å². The molecular formula is C23H26N2O2. The smallest absolute Gasteiger partial charge is 0.335 e. The summed E-state index contributed by atoms with van der Waals surface area (Å²) in [6.07, 6.45) is 4.78. The quantitative estimate of drug-likeness (QED) is 0.639. The van der Waals surface area contributed by atoms with E-state index in [1.807, 2.05) is 6.07 Å². The van der Waals surface area contributed by atoms with Crippen molar-refractivity contribution >= 4 is 17.0 Å². The lowest BCUT2D eigenvalue weighted by atomic mass is 9.86. The molecule has 0 spiro atoms. The van der Waals surface area contributed by atoms with Gasteiger partial charge in [0.05, 0.1) is 16.6 Å². The Balaban J connectivity index is 1.87. The van der Waals surface area contributed by atoms with Gasteiger partial charge < -0.3 is 9.67 Å². The Kier molecular flexibility index (Phi) is 4.29. The van der Waals surface area contributed by atoms with Crippen molar-refractivity contribution < 1.29 is 9.90 Å². The van der Waals surface area contributed by atoms with E-state index in [2.05, 4.69) is 49.6 Å². The lowest BCUT2D eigenvalue weighted by Crippen LogP contribution is -2.11. The SMILES string of the molecule is CC(C)(C)c1ccc(-c2nc3cc(C(=O)O)ccc3n2C2CCCC2)cc1. The molecule has 1 heterocycles. The highest BCUT2D eigenvalue weighted by Gasteiger charge is 2.24. The third-order valence-electron chi connectivity index (χ3n) is 5.64. The average molecular weight is 362 g/mol. The van der Waals surface area contributed by atoms with Crippen LogP contribution in [-0.4, -0.2) is 20.6 Å². The molecule has 1 aromatic heterocycles. The fourth-order valence-electron chi connectivity index (χ4n) is 4.09. The zero-order chi connectivity index (χ0) is 19.2. The Bertz CT molecular complexity index is 988. The summed E-state index contributed by atoms with van der Waals surface area (Å²) in [5, 5.41) is 9.32. The van der Waals surface area contributed by atoms with Crippen LogP contribution in [0.5, 0.6) is 0 Å². The summed E-state index contributed by atoms with van der Waals surface area (Å²) in [5.41, 5.74) is 4.57. The monoisotopic (exact) mass is 362 g/mol. The van der Waals surface area contributed by atoms with Gasteiger partial charge in [-0.05, 0) is 42.0 Å². The van der Waals surface area contributed by atoms with E-state index >= 15 is 0 Å². The zero-order valence-electron chi connectivity index (χ0n) is 16.2. The Morgan fingerprint density at radius 1 is 1.07 bits per heavy atom. The second-order valence-electron chi connectivity index (χ2n) is 8.58. The van der Waals surface area contributed by atoms with Crippen LogP contribution in [0.15, 0.2) is 42.5 Å². The summed E-state index contributed by atoms with van der Waals surface area (Å²) in [4.78, 5) is 16.2. The molecule has 140 valence electrons. The van der Waals surface area contributed by atoms with E-state index in [4.69, 9.17) is 4.98 Å². The zero-order valence-corrected chi connectivity index (χ0v) is 16.2. The molecule has 0 aliphatic heterocycles. The minimum atomic E-state index is -0.914. The highest BCUT2D eigenvalue weighted by atomic mass is 16.4. The summed E-state index contributed by atoms with van der Waals surface area (Å²) < 4.78 is 2.33. The molecule has 4 nitrogen and oxygen atoms in total. The van der Waals surface area contributed by atoms with Gasteiger partial charge in [-0.1, -0.05) is 57.9 Å². The number of carboxylic acids is 1. The van der Waals surface area contributed by atoms with Crippen LogP contribution in [0.1, 0.15) is 68.4 Å². The van der Waals surface area contributed by atoms with E-state index in [1.165, 1.54) is 18.4 Å².